The number of rotatable bonds is 9. The fraction of sp³-hybridized carbons (Fsp3) is 0.250. The number of aromatic nitrogens is 7. The molecule has 1 N–H and O–H groups in total. The van der Waals surface area contributed by atoms with E-state index in [1.165, 1.54) is 10.9 Å². The quantitative estimate of drug-likeness (QED) is 0.304. The molecule has 4 aromatic rings. The molecule has 2 aromatic heterocycles. The third-order valence-electron chi connectivity index (χ3n) is 4.52. The average molecular weight is 459 g/mol. The van der Waals surface area contributed by atoms with Gasteiger partial charge < -0.3 is 5.32 Å². The van der Waals surface area contributed by atoms with Crippen LogP contribution in [0, 0.1) is 5.82 Å². The maximum absolute atomic E-state index is 14.2. The first-order valence-corrected chi connectivity index (χ1v) is 11.0. The molecule has 0 aliphatic carbocycles. The van der Waals surface area contributed by atoms with Crippen molar-refractivity contribution in [3.8, 4) is 11.3 Å². The zero-order valence-electron chi connectivity index (χ0n) is 16.7. The summed E-state index contributed by atoms with van der Waals surface area (Å²) in [7, 11) is 1.81. The van der Waals surface area contributed by atoms with Crippen molar-refractivity contribution in [3.63, 3.8) is 0 Å². The lowest BCUT2D eigenvalue weighted by Crippen LogP contribution is -2.18. The van der Waals surface area contributed by atoms with Gasteiger partial charge in [-0.05, 0) is 22.6 Å². The minimum absolute atomic E-state index is 0.153. The molecule has 11 heteroatoms. The second-order valence-electron chi connectivity index (χ2n) is 6.70. The van der Waals surface area contributed by atoms with E-state index >= 15 is 0 Å². The number of hydrogen-bond acceptors (Lipinski definition) is 7. The Labute approximate surface area is 187 Å². The van der Waals surface area contributed by atoms with Crippen LogP contribution in [0.1, 0.15) is 11.3 Å². The Balaban J connectivity index is 1.47. The van der Waals surface area contributed by atoms with Crippen molar-refractivity contribution in [2.45, 2.75) is 18.2 Å². The van der Waals surface area contributed by atoms with Gasteiger partial charge in [-0.3, -0.25) is 0 Å². The van der Waals surface area contributed by atoms with Gasteiger partial charge in [-0.15, -0.1) is 5.10 Å². The molecule has 2 aromatic carbocycles. The second kappa shape index (κ2) is 9.99. The number of tetrazole rings is 1. The van der Waals surface area contributed by atoms with Crippen LogP contribution in [0.3, 0.4) is 0 Å². The van der Waals surface area contributed by atoms with Gasteiger partial charge in [0, 0.05) is 42.0 Å². The minimum atomic E-state index is -0.374. The van der Waals surface area contributed by atoms with Crippen molar-refractivity contribution in [1.29, 1.82) is 0 Å². The topological polar surface area (TPSA) is 86.3 Å². The Hall–Kier alpha value is -2.82. The maximum atomic E-state index is 14.2. The molecule has 0 saturated carbocycles. The van der Waals surface area contributed by atoms with E-state index in [0.717, 1.165) is 34.4 Å². The van der Waals surface area contributed by atoms with E-state index in [2.05, 4.69) is 31.0 Å². The molecule has 4 rings (SSSR count). The zero-order valence-corrected chi connectivity index (χ0v) is 18.3. The number of nitrogens with one attached hydrogen (secondary N) is 1. The van der Waals surface area contributed by atoms with Gasteiger partial charge in [0.25, 0.3) is 0 Å². The Bertz CT molecular complexity index is 1130. The molecule has 8 nitrogen and oxygen atoms in total. The summed E-state index contributed by atoms with van der Waals surface area (Å²) in [6.45, 7) is 1.41. The highest BCUT2D eigenvalue weighted by Gasteiger charge is 2.15. The Kier molecular flexibility index (Phi) is 6.90. The van der Waals surface area contributed by atoms with Crippen LogP contribution in [0.4, 0.5) is 4.39 Å². The van der Waals surface area contributed by atoms with Crippen molar-refractivity contribution < 1.29 is 4.39 Å². The molecule has 0 aliphatic heterocycles. The van der Waals surface area contributed by atoms with Gasteiger partial charge >= 0.3 is 0 Å². The van der Waals surface area contributed by atoms with E-state index in [1.807, 2.05) is 37.4 Å². The van der Waals surface area contributed by atoms with E-state index < -0.39 is 0 Å². The van der Waals surface area contributed by atoms with Crippen LogP contribution in [-0.4, -0.2) is 47.5 Å². The number of benzene rings is 2. The van der Waals surface area contributed by atoms with E-state index in [1.54, 1.807) is 28.6 Å². The molecule has 0 spiro atoms. The first-order chi connectivity index (χ1) is 15.1. The van der Waals surface area contributed by atoms with Gasteiger partial charge in [-0.1, -0.05) is 59.8 Å². The first-order valence-electron chi connectivity index (χ1n) is 9.60. The van der Waals surface area contributed by atoms with Crippen molar-refractivity contribution in [3.05, 3.63) is 70.6 Å². The van der Waals surface area contributed by atoms with Gasteiger partial charge in [0.2, 0.25) is 5.16 Å². The van der Waals surface area contributed by atoms with Crippen LogP contribution in [0.2, 0.25) is 5.02 Å². The van der Waals surface area contributed by atoms with Gasteiger partial charge in [0.05, 0.1) is 6.54 Å². The highest BCUT2D eigenvalue weighted by atomic mass is 35.5. The molecule has 0 unspecified atom stereocenters. The van der Waals surface area contributed by atoms with Crippen LogP contribution in [0.25, 0.3) is 11.3 Å². The molecule has 0 bridgehead atoms. The summed E-state index contributed by atoms with van der Waals surface area (Å²) in [5, 5.41) is 25.1. The van der Waals surface area contributed by atoms with E-state index in [4.69, 9.17) is 11.6 Å². The lowest BCUT2D eigenvalue weighted by atomic mass is 10.1. The SMILES string of the molecule is Cn1nnnc1SCCNCc1nn(Cc2c(F)cccc2Cl)nc1-c1ccccc1. The van der Waals surface area contributed by atoms with Crippen molar-refractivity contribution in [2.24, 2.45) is 7.05 Å². The lowest BCUT2D eigenvalue weighted by Gasteiger charge is -2.05. The van der Waals surface area contributed by atoms with Gasteiger partial charge in [-0.25, -0.2) is 9.07 Å². The first kappa shape index (κ1) is 21.4. The summed E-state index contributed by atoms with van der Waals surface area (Å²) in [6, 6.07) is 14.4. The summed E-state index contributed by atoms with van der Waals surface area (Å²) >= 11 is 7.74. The second-order valence-corrected chi connectivity index (χ2v) is 8.17. The molecule has 0 radical (unpaired) electrons. The highest BCUT2D eigenvalue weighted by molar-refractivity contribution is 7.99. The molecule has 0 aliphatic rings. The van der Waals surface area contributed by atoms with E-state index in [0.29, 0.717) is 17.1 Å². The van der Waals surface area contributed by atoms with Crippen LogP contribution in [0.15, 0.2) is 53.7 Å². The standard InChI is InChI=1S/C20H20ClFN8S/c1-29-20(24-27-28-29)31-11-10-23-12-18-19(14-6-3-2-4-7-14)26-30(25-18)13-15-16(21)8-5-9-17(15)22/h2-9,23H,10-13H2,1H3. The summed E-state index contributed by atoms with van der Waals surface area (Å²) in [6.07, 6.45) is 0. The number of aryl methyl sites for hydroxylation is 1. The highest BCUT2D eigenvalue weighted by Crippen LogP contribution is 2.23. The summed E-state index contributed by atoms with van der Waals surface area (Å²) < 4.78 is 15.9. The summed E-state index contributed by atoms with van der Waals surface area (Å²) in [4.78, 5) is 1.49. The van der Waals surface area contributed by atoms with Gasteiger partial charge in [0.1, 0.15) is 17.2 Å². The fourth-order valence-electron chi connectivity index (χ4n) is 2.98. The third-order valence-corrected chi connectivity index (χ3v) is 5.88. The number of nitrogens with zero attached hydrogens (tertiary/aromatic N) is 7. The molecule has 2 heterocycles. The number of thioether (sulfide) groups is 1. The van der Waals surface area contributed by atoms with E-state index in [9.17, 15) is 4.39 Å². The molecule has 0 fully saturated rings. The molecular weight excluding hydrogens is 439 g/mol. The van der Waals surface area contributed by atoms with E-state index in [-0.39, 0.29) is 12.4 Å². The number of hydrogen-bond donors (Lipinski definition) is 1. The van der Waals surface area contributed by atoms with Gasteiger partial charge in [-0.2, -0.15) is 15.0 Å². The molecule has 0 saturated heterocycles. The average Bonchev–Trinajstić information content (AvgIpc) is 3.37. The molecule has 31 heavy (non-hydrogen) atoms. The largest absolute Gasteiger partial charge is 0.310 e. The van der Waals surface area contributed by atoms with Gasteiger partial charge in [0.15, 0.2) is 0 Å². The van der Waals surface area contributed by atoms with Crippen LogP contribution >= 0.6 is 23.4 Å². The fourth-order valence-corrected chi connectivity index (χ4v) is 3.95. The monoisotopic (exact) mass is 458 g/mol. The van der Waals surface area contributed by atoms with Crippen LogP contribution < -0.4 is 5.32 Å². The maximum Gasteiger partial charge on any atom is 0.209 e. The minimum Gasteiger partial charge on any atom is -0.310 e. The summed E-state index contributed by atoms with van der Waals surface area (Å²) in [5.41, 5.74) is 2.85. The molecule has 0 atom stereocenters. The smallest absolute Gasteiger partial charge is 0.209 e. The van der Waals surface area contributed by atoms with Crippen molar-refractivity contribution in [1.82, 2.24) is 40.5 Å². The Morgan fingerprint density at radius 2 is 1.94 bits per heavy atom. The Morgan fingerprint density at radius 3 is 2.68 bits per heavy atom. The van der Waals surface area contributed by atoms with Crippen molar-refractivity contribution in [2.75, 3.05) is 12.3 Å². The van der Waals surface area contributed by atoms with Crippen molar-refractivity contribution >= 4 is 23.4 Å². The normalized spacial score (nSPS) is 11.2. The summed E-state index contributed by atoms with van der Waals surface area (Å²) in [5.74, 6) is 0.425. The lowest BCUT2D eigenvalue weighted by molar-refractivity contribution is 0.544. The van der Waals surface area contributed by atoms with Crippen LogP contribution in [-0.2, 0) is 20.1 Å². The van der Waals surface area contributed by atoms with Crippen LogP contribution in [0.5, 0.6) is 0 Å². The predicted octanol–water partition coefficient (Wildman–Crippen LogP) is 3.19. The molecule has 160 valence electrons. The molecule has 0 amide bonds. The Morgan fingerprint density at radius 1 is 1.10 bits per heavy atom. The zero-order chi connectivity index (χ0) is 21.6. The predicted molar refractivity (Wildman–Crippen MR) is 117 cm³/mol. The molecular formula is C20H20ClFN8S. The number of halogens is 2. The third kappa shape index (κ3) is 5.27.